The number of fused-ring (bicyclic) bond motifs is 1. The summed E-state index contributed by atoms with van der Waals surface area (Å²) in [5.74, 6) is -2.88. The molecule has 0 atom stereocenters. The van der Waals surface area contributed by atoms with E-state index in [1.165, 1.54) is 18.2 Å². The van der Waals surface area contributed by atoms with Crippen LogP contribution in [-0.4, -0.2) is 21.0 Å². The molecule has 0 aliphatic rings. The number of halogens is 3. The number of nitrogens with zero attached hydrogens (tertiary/aromatic N) is 2. The first-order valence-corrected chi connectivity index (χ1v) is 9.23. The first-order valence-electron chi connectivity index (χ1n) is 9.23. The van der Waals surface area contributed by atoms with E-state index in [0.29, 0.717) is 27.7 Å². The Kier molecular flexibility index (Phi) is 5.20. The van der Waals surface area contributed by atoms with Gasteiger partial charge in [-0.3, -0.25) is 9.78 Å². The molecule has 0 fully saturated rings. The number of aliphatic hydroxyl groups is 1. The molecular formula is C22H16F3N3O3. The maximum Gasteiger partial charge on any atom is 0.452 e. The van der Waals surface area contributed by atoms with Gasteiger partial charge in [0.2, 0.25) is 11.7 Å². The number of aryl methyl sites for hydroxylation is 1. The van der Waals surface area contributed by atoms with Gasteiger partial charge in [-0.25, -0.2) is 4.98 Å². The van der Waals surface area contributed by atoms with E-state index in [9.17, 15) is 23.1 Å². The van der Waals surface area contributed by atoms with Gasteiger partial charge in [0.1, 0.15) is 0 Å². The van der Waals surface area contributed by atoms with Crippen LogP contribution in [-0.2, 0) is 12.8 Å². The Morgan fingerprint density at radius 3 is 2.52 bits per heavy atom. The predicted molar refractivity (Wildman–Crippen MR) is 107 cm³/mol. The van der Waals surface area contributed by atoms with E-state index in [1.807, 2.05) is 0 Å². The highest BCUT2D eigenvalue weighted by atomic mass is 19.4. The van der Waals surface area contributed by atoms with Gasteiger partial charge in [-0.2, -0.15) is 13.2 Å². The number of carbonyl (C=O) groups is 1. The molecule has 31 heavy (non-hydrogen) atoms. The van der Waals surface area contributed by atoms with Crippen molar-refractivity contribution in [3.8, 4) is 11.5 Å². The standard InChI is InChI=1S/C22H16F3N3O3/c1-12-10-14(11-29)15-8-5-9-16(17(15)26-12)27-20(30)18-19(22(23,24)25)31-21(28-18)13-6-3-2-4-7-13/h2-10,29H,11H2,1H3,(H,27,30). The first kappa shape index (κ1) is 20.5. The van der Waals surface area contributed by atoms with Crippen molar-refractivity contribution in [1.29, 1.82) is 0 Å². The number of benzene rings is 2. The molecule has 0 spiro atoms. The van der Waals surface area contributed by atoms with Crippen LogP contribution >= 0.6 is 0 Å². The average molecular weight is 427 g/mol. The Morgan fingerprint density at radius 2 is 1.84 bits per heavy atom. The van der Waals surface area contributed by atoms with Crippen molar-refractivity contribution in [1.82, 2.24) is 9.97 Å². The first-order chi connectivity index (χ1) is 14.8. The molecule has 0 aliphatic heterocycles. The fourth-order valence-electron chi connectivity index (χ4n) is 3.25. The third kappa shape index (κ3) is 3.99. The van der Waals surface area contributed by atoms with Gasteiger partial charge in [-0.1, -0.05) is 30.3 Å². The van der Waals surface area contributed by atoms with Gasteiger partial charge in [0, 0.05) is 16.6 Å². The minimum atomic E-state index is -4.91. The van der Waals surface area contributed by atoms with Gasteiger partial charge in [0.25, 0.3) is 5.91 Å². The maximum absolute atomic E-state index is 13.5. The molecule has 0 saturated carbocycles. The van der Waals surface area contributed by atoms with Crippen molar-refractivity contribution in [3.63, 3.8) is 0 Å². The summed E-state index contributed by atoms with van der Waals surface area (Å²) in [7, 11) is 0. The summed E-state index contributed by atoms with van der Waals surface area (Å²) in [6.07, 6.45) is -4.91. The van der Waals surface area contributed by atoms with Gasteiger partial charge in [0.05, 0.1) is 17.8 Å². The van der Waals surface area contributed by atoms with Crippen LogP contribution in [0.4, 0.5) is 18.9 Å². The zero-order valence-corrected chi connectivity index (χ0v) is 16.2. The quantitative estimate of drug-likeness (QED) is 0.481. The molecule has 0 aliphatic carbocycles. The van der Waals surface area contributed by atoms with Crippen molar-refractivity contribution in [3.05, 3.63) is 77.3 Å². The molecule has 4 rings (SSSR count). The number of nitrogens with one attached hydrogen (secondary N) is 1. The van der Waals surface area contributed by atoms with Crippen molar-refractivity contribution >= 4 is 22.5 Å². The fraction of sp³-hybridized carbons (Fsp3) is 0.136. The number of alkyl halides is 3. The summed E-state index contributed by atoms with van der Waals surface area (Å²) in [5, 5.41) is 12.6. The smallest absolute Gasteiger partial charge is 0.431 e. The summed E-state index contributed by atoms with van der Waals surface area (Å²) < 4.78 is 45.5. The fourth-order valence-corrected chi connectivity index (χ4v) is 3.25. The molecule has 0 bridgehead atoms. The Labute approximate surface area is 174 Å². The number of rotatable bonds is 4. The van der Waals surface area contributed by atoms with E-state index in [-0.39, 0.29) is 18.2 Å². The maximum atomic E-state index is 13.5. The third-order valence-electron chi connectivity index (χ3n) is 4.59. The van der Waals surface area contributed by atoms with E-state index in [4.69, 9.17) is 4.42 Å². The molecule has 2 aromatic heterocycles. The SMILES string of the molecule is Cc1cc(CO)c2cccc(NC(=O)c3nc(-c4ccccc4)oc3C(F)(F)F)c2n1. The van der Waals surface area contributed by atoms with Crippen LogP contribution < -0.4 is 5.32 Å². The van der Waals surface area contributed by atoms with Crippen molar-refractivity contribution in [2.24, 2.45) is 0 Å². The normalized spacial score (nSPS) is 11.6. The number of hydrogen-bond donors (Lipinski definition) is 2. The number of aliphatic hydroxyl groups excluding tert-OH is 1. The van der Waals surface area contributed by atoms with Gasteiger partial charge in [0.15, 0.2) is 5.69 Å². The molecule has 2 N–H and O–H groups in total. The average Bonchev–Trinajstić information content (AvgIpc) is 3.20. The van der Waals surface area contributed by atoms with Gasteiger partial charge in [-0.15, -0.1) is 0 Å². The molecule has 2 heterocycles. The van der Waals surface area contributed by atoms with Crippen LogP contribution in [0.3, 0.4) is 0 Å². The summed E-state index contributed by atoms with van der Waals surface area (Å²) in [4.78, 5) is 21.0. The number of aromatic nitrogens is 2. The largest absolute Gasteiger partial charge is 0.452 e. The third-order valence-corrected chi connectivity index (χ3v) is 4.59. The van der Waals surface area contributed by atoms with Crippen molar-refractivity contribution < 1.29 is 27.5 Å². The van der Waals surface area contributed by atoms with Crippen LogP contribution in [0.15, 0.2) is 59.0 Å². The Balaban J connectivity index is 1.77. The molecule has 4 aromatic rings. The highest BCUT2D eigenvalue weighted by Gasteiger charge is 2.42. The zero-order valence-electron chi connectivity index (χ0n) is 16.2. The van der Waals surface area contributed by atoms with Gasteiger partial charge in [-0.05, 0) is 36.8 Å². The topological polar surface area (TPSA) is 88.2 Å². The highest BCUT2D eigenvalue weighted by Crippen LogP contribution is 2.36. The molecule has 0 unspecified atom stereocenters. The number of oxazole rings is 1. The number of hydrogen-bond acceptors (Lipinski definition) is 5. The molecule has 0 radical (unpaired) electrons. The zero-order chi connectivity index (χ0) is 22.2. The molecular weight excluding hydrogens is 411 g/mol. The second-order valence-electron chi connectivity index (χ2n) is 6.80. The molecule has 9 heteroatoms. The summed E-state index contributed by atoms with van der Waals surface area (Å²) in [6.45, 7) is 1.46. The van der Waals surface area contributed by atoms with E-state index >= 15 is 0 Å². The van der Waals surface area contributed by atoms with Crippen LogP contribution in [0.5, 0.6) is 0 Å². The second-order valence-corrected chi connectivity index (χ2v) is 6.80. The summed E-state index contributed by atoms with van der Waals surface area (Å²) in [5.41, 5.74) is 1.14. The minimum Gasteiger partial charge on any atom is -0.431 e. The van der Waals surface area contributed by atoms with E-state index in [2.05, 4.69) is 15.3 Å². The molecule has 1 amide bonds. The molecule has 2 aromatic carbocycles. The summed E-state index contributed by atoms with van der Waals surface area (Å²) in [6, 6.07) is 14.5. The second kappa shape index (κ2) is 7.84. The lowest BCUT2D eigenvalue weighted by Crippen LogP contribution is -2.18. The van der Waals surface area contributed by atoms with Gasteiger partial charge >= 0.3 is 6.18 Å². The monoisotopic (exact) mass is 427 g/mol. The molecule has 6 nitrogen and oxygen atoms in total. The predicted octanol–water partition coefficient (Wildman–Crippen LogP) is 4.96. The lowest BCUT2D eigenvalue weighted by atomic mass is 10.1. The van der Waals surface area contributed by atoms with Crippen LogP contribution in [0.1, 0.15) is 27.5 Å². The Morgan fingerprint density at radius 1 is 1.10 bits per heavy atom. The number of para-hydroxylation sites is 1. The highest BCUT2D eigenvalue weighted by molar-refractivity contribution is 6.08. The number of anilines is 1. The Bertz CT molecular complexity index is 1270. The minimum absolute atomic E-state index is 0.193. The molecule has 158 valence electrons. The van der Waals surface area contributed by atoms with E-state index in [0.717, 1.165) is 0 Å². The van der Waals surface area contributed by atoms with E-state index < -0.39 is 23.5 Å². The van der Waals surface area contributed by atoms with Crippen molar-refractivity contribution in [2.45, 2.75) is 19.7 Å². The number of amides is 1. The lowest BCUT2D eigenvalue weighted by Gasteiger charge is -2.11. The van der Waals surface area contributed by atoms with Gasteiger partial charge < -0.3 is 14.8 Å². The van der Waals surface area contributed by atoms with Crippen LogP contribution in [0, 0.1) is 6.92 Å². The number of carbonyl (C=O) groups excluding carboxylic acids is 1. The molecule has 0 saturated heterocycles. The van der Waals surface area contributed by atoms with E-state index in [1.54, 1.807) is 43.3 Å². The van der Waals surface area contributed by atoms with Crippen molar-refractivity contribution in [2.75, 3.05) is 5.32 Å². The Hall–Kier alpha value is -3.72. The number of pyridine rings is 1. The summed E-state index contributed by atoms with van der Waals surface area (Å²) >= 11 is 0. The lowest BCUT2D eigenvalue weighted by molar-refractivity contribution is -0.153. The van der Waals surface area contributed by atoms with Crippen LogP contribution in [0.2, 0.25) is 0 Å². The van der Waals surface area contributed by atoms with Crippen LogP contribution in [0.25, 0.3) is 22.4 Å².